The lowest BCUT2D eigenvalue weighted by Gasteiger charge is -2.39. The predicted molar refractivity (Wildman–Crippen MR) is 112 cm³/mol. The summed E-state index contributed by atoms with van der Waals surface area (Å²) in [6.45, 7) is 2.38. The van der Waals surface area contributed by atoms with Crippen LogP contribution in [0.3, 0.4) is 0 Å². The van der Waals surface area contributed by atoms with Crippen molar-refractivity contribution < 1.29 is 19.1 Å². The number of amides is 1. The Morgan fingerprint density at radius 1 is 1.52 bits per heavy atom. The number of thioether (sulfide) groups is 1. The number of aromatic nitrogens is 2. The lowest BCUT2D eigenvalue weighted by molar-refractivity contribution is -0.145. The standard InChI is InChI=1S/C14H16Cl3N3O4S3/c1-9(24-12(22)23-7-14(15,16)17)10-6-20(11(10)21)27-13(25)26-5-4-19-3-2-18-8-19/h2-3,8-10H,4-7H2,1H3. The first-order valence-electron chi connectivity index (χ1n) is 7.67. The fourth-order valence-electron chi connectivity index (χ4n) is 2.03. The van der Waals surface area contributed by atoms with Crippen molar-refractivity contribution in [1.82, 2.24) is 13.9 Å². The van der Waals surface area contributed by atoms with Gasteiger partial charge >= 0.3 is 6.16 Å². The quantitative estimate of drug-likeness (QED) is 0.186. The summed E-state index contributed by atoms with van der Waals surface area (Å²) in [5.74, 6) is 0.179. The number of ether oxygens (including phenoxy) is 2. The molecule has 0 aliphatic carbocycles. The molecule has 150 valence electrons. The smallest absolute Gasteiger partial charge is 0.430 e. The van der Waals surface area contributed by atoms with Crippen molar-refractivity contribution in [2.24, 2.45) is 5.92 Å². The summed E-state index contributed by atoms with van der Waals surface area (Å²) in [7, 11) is 0. The maximum atomic E-state index is 12.2. The van der Waals surface area contributed by atoms with Gasteiger partial charge < -0.3 is 14.0 Å². The number of halogens is 3. The summed E-state index contributed by atoms with van der Waals surface area (Å²) in [5, 5.41) is 0. The second kappa shape index (κ2) is 10.4. The second-order valence-electron chi connectivity index (χ2n) is 5.47. The fourth-order valence-corrected chi connectivity index (χ4v) is 4.55. The zero-order valence-corrected chi connectivity index (χ0v) is 18.8. The molecule has 1 aliphatic heterocycles. The summed E-state index contributed by atoms with van der Waals surface area (Å²) >= 11 is 24.5. The molecule has 2 unspecified atom stereocenters. The molecule has 0 N–H and O–H groups in total. The molecule has 1 saturated heterocycles. The van der Waals surface area contributed by atoms with Crippen molar-refractivity contribution in [3.8, 4) is 0 Å². The molecular weight excluding hydrogens is 477 g/mol. The van der Waals surface area contributed by atoms with Gasteiger partial charge in [0.15, 0.2) is 0 Å². The Bertz CT molecular complexity index is 672. The molecule has 27 heavy (non-hydrogen) atoms. The molecule has 1 aromatic rings. The summed E-state index contributed by atoms with van der Waals surface area (Å²) in [4.78, 5) is 27.7. The third-order valence-electron chi connectivity index (χ3n) is 3.44. The first kappa shape index (κ1) is 22.9. The van der Waals surface area contributed by atoms with E-state index >= 15 is 0 Å². The zero-order valence-electron chi connectivity index (χ0n) is 14.0. The highest BCUT2D eigenvalue weighted by atomic mass is 35.6. The van der Waals surface area contributed by atoms with Crippen molar-refractivity contribution >= 4 is 86.3 Å². The molecule has 1 fully saturated rings. The molecule has 7 nitrogen and oxygen atoms in total. The maximum absolute atomic E-state index is 12.2. The first-order valence-corrected chi connectivity index (χ1v) is 11.0. The topological polar surface area (TPSA) is 73.7 Å². The molecule has 2 heterocycles. The molecular formula is C14H16Cl3N3O4S3. The first-order chi connectivity index (χ1) is 12.7. The average Bonchev–Trinajstić information content (AvgIpc) is 3.08. The van der Waals surface area contributed by atoms with Crippen molar-refractivity contribution in [2.45, 2.75) is 23.4 Å². The van der Waals surface area contributed by atoms with Gasteiger partial charge in [0.2, 0.25) is 9.70 Å². The van der Waals surface area contributed by atoms with Crippen LogP contribution in [-0.2, 0) is 20.8 Å². The van der Waals surface area contributed by atoms with Gasteiger partial charge in [0.1, 0.15) is 16.2 Å². The third kappa shape index (κ3) is 7.86. The van der Waals surface area contributed by atoms with Crippen LogP contribution in [0.25, 0.3) is 0 Å². The van der Waals surface area contributed by atoms with Gasteiger partial charge in [0.05, 0.1) is 12.2 Å². The Morgan fingerprint density at radius 2 is 2.26 bits per heavy atom. The van der Waals surface area contributed by atoms with E-state index in [0.29, 0.717) is 10.1 Å². The predicted octanol–water partition coefficient (Wildman–Crippen LogP) is 3.92. The summed E-state index contributed by atoms with van der Waals surface area (Å²) in [6, 6.07) is 0. The number of nitrogens with zero attached hydrogens (tertiary/aromatic N) is 3. The highest BCUT2D eigenvalue weighted by molar-refractivity contribution is 8.46. The van der Waals surface area contributed by atoms with E-state index in [1.54, 1.807) is 23.8 Å². The minimum Gasteiger partial charge on any atom is -0.430 e. The van der Waals surface area contributed by atoms with Gasteiger partial charge in [-0.25, -0.2) is 9.78 Å². The molecule has 2 rings (SSSR count). The number of rotatable bonds is 7. The summed E-state index contributed by atoms with van der Waals surface area (Å²) < 4.78 is 12.1. The lowest BCUT2D eigenvalue weighted by atomic mass is 9.96. The second-order valence-corrected chi connectivity index (χ2v) is 11.3. The van der Waals surface area contributed by atoms with Crippen LogP contribution in [-0.4, -0.2) is 58.2 Å². The Labute approximate surface area is 185 Å². The number of β-lactam (4-membered cyclic amide) rings is 1. The zero-order chi connectivity index (χ0) is 20.0. The number of carbonyl (C=O) groups is 2. The van der Waals surface area contributed by atoms with Crippen LogP contribution in [0.2, 0.25) is 0 Å². The highest BCUT2D eigenvalue weighted by Crippen LogP contribution is 2.33. The molecule has 0 radical (unpaired) electrons. The largest absolute Gasteiger partial charge is 0.508 e. The van der Waals surface area contributed by atoms with Crippen molar-refractivity contribution in [2.75, 3.05) is 18.9 Å². The van der Waals surface area contributed by atoms with Crippen LogP contribution in [0.5, 0.6) is 0 Å². The van der Waals surface area contributed by atoms with Gasteiger partial charge in [0, 0.05) is 43.2 Å². The molecule has 1 aromatic heterocycles. The van der Waals surface area contributed by atoms with E-state index in [1.165, 1.54) is 23.7 Å². The van der Waals surface area contributed by atoms with Crippen LogP contribution in [0.4, 0.5) is 4.79 Å². The Morgan fingerprint density at radius 3 is 2.85 bits per heavy atom. The molecule has 1 amide bonds. The number of carbonyl (C=O) groups excluding carboxylic acids is 2. The number of aryl methyl sites for hydroxylation is 1. The lowest BCUT2D eigenvalue weighted by Crippen LogP contribution is -2.54. The van der Waals surface area contributed by atoms with E-state index in [4.69, 9.17) is 51.8 Å². The monoisotopic (exact) mass is 491 g/mol. The van der Waals surface area contributed by atoms with Gasteiger partial charge in [-0.1, -0.05) is 47.0 Å². The van der Waals surface area contributed by atoms with E-state index in [0.717, 1.165) is 12.3 Å². The number of hydrogen-bond donors (Lipinski definition) is 0. The molecule has 0 aromatic carbocycles. The molecule has 1 aliphatic rings. The third-order valence-corrected chi connectivity index (χ3v) is 6.24. The van der Waals surface area contributed by atoms with Crippen molar-refractivity contribution in [3.05, 3.63) is 18.7 Å². The molecule has 13 heteroatoms. The van der Waals surface area contributed by atoms with Gasteiger partial charge in [0.25, 0.3) is 0 Å². The minimum atomic E-state index is -1.72. The maximum Gasteiger partial charge on any atom is 0.508 e. The van der Waals surface area contributed by atoms with Gasteiger partial charge in [-0.3, -0.25) is 9.10 Å². The Balaban J connectivity index is 1.64. The highest BCUT2D eigenvalue weighted by Gasteiger charge is 2.43. The minimum absolute atomic E-state index is 0.153. The molecule has 0 spiro atoms. The SMILES string of the molecule is CC(OC(=O)OCC(Cl)(Cl)Cl)C1CN(SC(=S)SCCn2ccnc2)C1=O. The molecule has 0 saturated carbocycles. The van der Waals surface area contributed by atoms with Crippen LogP contribution in [0, 0.1) is 5.92 Å². The fraction of sp³-hybridized carbons (Fsp3) is 0.571. The number of hydrogen-bond acceptors (Lipinski definition) is 8. The Kier molecular flexibility index (Phi) is 8.82. The average molecular weight is 493 g/mol. The van der Waals surface area contributed by atoms with Crippen LogP contribution >= 0.6 is 70.7 Å². The molecule has 2 atom stereocenters. The van der Waals surface area contributed by atoms with Gasteiger partial charge in [-0.05, 0) is 6.92 Å². The van der Waals surface area contributed by atoms with Gasteiger partial charge in [-0.15, -0.1) is 11.8 Å². The van der Waals surface area contributed by atoms with Crippen molar-refractivity contribution in [1.29, 1.82) is 0 Å². The van der Waals surface area contributed by atoms with E-state index < -0.39 is 28.6 Å². The summed E-state index contributed by atoms with van der Waals surface area (Å²) in [5.41, 5.74) is 0. The van der Waals surface area contributed by atoms with Crippen molar-refractivity contribution in [3.63, 3.8) is 0 Å². The number of imidazole rings is 1. The van der Waals surface area contributed by atoms with E-state index in [9.17, 15) is 9.59 Å². The normalized spacial score (nSPS) is 18.0. The van der Waals surface area contributed by atoms with E-state index in [2.05, 4.69) is 9.72 Å². The summed E-state index contributed by atoms with van der Waals surface area (Å²) in [6.07, 6.45) is 3.69. The number of alkyl halides is 3. The Hall–Kier alpha value is -0.390. The van der Waals surface area contributed by atoms with Crippen LogP contribution in [0.1, 0.15) is 6.92 Å². The molecule has 0 bridgehead atoms. The van der Waals surface area contributed by atoms with E-state index in [1.807, 2.05) is 10.8 Å². The van der Waals surface area contributed by atoms with E-state index in [-0.39, 0.29) is 5.91 Å². The number of thiocarbonyl (C=S) groups is 1. The van der Waals surface area contributed by atoms with Crippen LogP contribution in [0.15, 0.2) is 18.7 Å². The van der Waals surface area contributed by atoms with Gasteiger partial charge in [-0.2, -0.15) is 0 Å². The van der Waals surface area contributed by atoms with Crippen LogP contribution < -0.4 is 0 Å².